The second kappa shape index (κ2) is 11.3. The van der Waals surface area contributed by atoms with Crippen LogP contribution in [-0.4, -0.2) is 65.0 Å². The van der Waals surface area contributed by atoms with E-state index in [0.29, 0.717) is 0 Å². The normalized spacial score (nSPS) is 12.3. The van der Waals surface area contributed by atoms with E-state index in [4.69, 9.17) is 15.9 Å². The molecule has 152 valence electrons. The summed E-state index contributed by atoms with van der Waals surface area (Å²) >= 11 is 0. The van der Waals surface area contributed by atoms with Gasteiger partial charge in [-0.2, -0.15) is 0 Å². The first-order valence-corrected chi connectivity index (χ1v) is 8.28. The minimum atomic E-state index is -1.63. The van der Waals surface area contributed by atoms with Crippen LogP contribution in [0.3, 0.4) is 0 Å². The summed E-state index contributed by atoms with van der Waals surface area (Å²) in [4.78, 5) is 57.3. The molecule has 7 N–H and O–H groups in total. The number of carboxylic acid groups (broad SMARTS) is 2. The van der Waals surface area contributed by atoms with Gasteiger partial charge in [-0.1, -0.05) is 30.3 Å². The summed E-state index contributed by atoms with van der Waals surface area (Å²) < 4.78 is 0. The molecule has 0 aliphatic carbocycles. The van der Waals surface area contributed by atoms with Crippen molar-refractivity contribution in [1.82, 2.24) is 16.0 Å². The molecule has 28 heavy (non-hydrogen) atoms. The standard InChI is InChI=1S/C17H22N4O7/c18-8-13(22)20-11(6-10-4-2-1-3-5-10)16(26)19-9-14(23)21-12(17(27)28)7-15(24)25/h1-5,11-12H,6-9,18H2,(H,19,26)(H,20,22)(H,21,23)(H,24,25)(H,27,28). The molecular formula is C17H22N4O7. The molecular weight excluding hydrogens is 372 g/mol. The van der Waals surface area contributed by atoms with Crippen molar-refractivity contribution < 1.29 is 34.2 Å². The van der Waals surface area contributed by atoms with E-state index >= 15 is 0 Å². The Morgan fingerprint density at radius 3 is 2.07 bits per heavy atom. The van der Waals surface area contributed by atoms with Gasteiger partial charge in [0.25, 0.3) is 0 Å². The van der Waals surface area contributed by atoms with Crippen molar-refractivity contribution >= 4 is 29.7 Å². The van der Waals surface area contributed by atoms with E-state index in [1.165, 1.54) is 0 Å². The number of carbonyl (C=O) groups excluding carboxylic acids is 3. The van der Waals surface area contributed by atoms with E-state index in [1.807, 2.05) is 5.32 Å². The summed E-state index contributed by atoms with van der Waals surface area (Å²) in [6.07, 6.45) is -0.658. The quantitative estimate of drug-likeness (QED) is 0.244. The Hall–Kier alpha value is -3.47. The Bertz CT molecular complexity index is 723. The van der Waals surface area contributed by atoms with Crippen LogP contribution in [-0.2, 0) is 30.4 Å². The van der Waals surface area contributed by atoms with Gasteiger partial charge in [0.2, 0.25) is 17.7 Å². The van der Waals surface area contributed by atoms with Crippen LogP contribution in [0.15, 0.2) is 30.3 Å². The van der Waals surface area contributed by atoms with E-state index in [-0.39, 0.29) is 13.0 Å². The Morgan fingerprint density at radius 2 is 1.54 bits per heavy atom. The maximum absolute atomic E-state index is 12.3. The summed E-state index contributed by atoms with van der Waals surface area (Å²) in [5.74, 6) is -5.03. The summed E-state index contributed by atoms with van der Waals surface area (Å²) in [5.41, 5.74) is 6.01. The second-order valence-electron chi connectivity index (χ2n) is 5.79. The summed E-state index contributed by atoms with van der Waals surface area (Å²) in [5, 5.41) is 24.3. The molecule has 0 aliphatic rings. The number of amides is 3. The number of hydrogen-bond donors (Lipinski definition) is 6. The first-order chi connectivity index (χ1) is 13.2. The van der Waals surface area contributed by atoms with Crippen LogP contribution in [0, 0.1) is 0 Å². The molecule has 0 spiro atoms. The molecule has 0 saturated heterocycles. The zero-order chi connectivity index (χ0) is 21.1. The van der Waals surface area contributed by atoms with Gasteiger partial charge >= 0.3 is 11.9 Å². The molecule has 1 aromatic carbocycles. The number of benzene rings is 1. The van der Waals surface area contributed by atoms with Crippen LogP contribution in [0.4, 0.5) is 0 Å². The SMILES string of the molecule is NCC(=O)NC(Cc1ccccc1)C(=O)NCC(=O)NC(CC(=O)O)C(=O)O. The number of rotatable bonds is 11. The minimum Gasteiger partial charge on any atom is -0.481 e. The third-order valence-corrected chi connectivity index (χ3v) is 3.55. The van der Waals surface area contributed by atoms with Gasteiger partial charge in [0.15, 0.2) is 0 Å². The van der Waals surface area contributed by atoms with E-state index in [2.05, 4.69) is 10.6 Å². The number of aliphatic carboxylic acids is 2. The van der Waals surface area contributed by atoms with Crippen LogP contribution in [0.25, 0.3) is 0 Å². The topological polar surface area (TPSA) is 188 Å². The van der Waals surface area contributed by atoms with Crippen molar-refractivity contribution in [3.63, 3.8) is 0 Å². The first-order valence-electron chi connectivity index (χ1n) is 8.28. The molecule has 0 fully saturated rings. The van der Waals surface area contributed by atoms with Gasteiger partial charge in [0.05, 0.1) is 19.5 Å². The Labute approximate surface area is 160 Å². The van der Waals surface area contributed by atoms with Crippen LogP contribution < -0.4 is 21.7 Å². The van der Waals surface area contributed by atoms with Gasteiger partial charge in [0.1, 0.15) is 12.1 Å². The fourth-order valence-corrected chi connectivity index (χ4v) is 2.22. The molecule has 0 aromatic heterocycles. The average molecular weight is 394 g/mol. The third kappa shape index (κ3) is 8.27. The molecule has 11 heteroatoms. The highest BCUT2D eigenvalue weighted by molar-refractivity contribution is 5.92. The van der Waals surface area contributed by atoms with E-state index in [1.54, 1.807) is 30.3 Å². The Balaban J connectivity index is 2.68. The van der Waals surface area contributed by atoms with Crippen molar-refractivity contribution in [2.75, 3.05) is 13.1 Å². The summed E-state index contributed by atoms with van der Waals surface area (Å²) in [6.45, 7) is -0.916. The van der Waals surface area contributed by atoms with E-state index in [0.717, 1.165) is 5.56 Å². The Morgan fingerprint density at radius 1 is 0.929 bits per heavy atom. The predicted octanol–water partition coefficient (Wildman–Crippen LogP) is -2.17. The number of nitrogens with two attached hydrogens (primary N) is 1. The first kappa shape index (κ1) is 22.6. The van der Waals surface area contributed by atoms with Gasteiger partial charge in [-0.25, -0.2) is 4.79 Å². The lowest BCUT2D eigenvalue weighted by Crippen LogP contribution is -2.52. The van der Waals surface area contributed by atoms with Gasteiger partial charge in [-0.15, -0.1) is 0 Å². The third-order valence-electron chi connectivity index (χ3n) is 3.55. The fourth-order valence-electron chi connectivity index (χ4n) is 2.22. The molecule has 0 bridgehead atoms. The lowest BCUT2D eigenvalue weighted by Gasteiger charge is -2.19. The summed E-state index contributed by atoms with van der Waals surface area (Å²) in [6, 6.07) is 6.20. The molecule has 2 unspecified atom stereocenters. The van der Waals surface area contributed by atoms with E-state index in [9.17, 15) is 24.0 Å². The van der Waals surface area contributed by atoms with E-state index < -0.39 is 54.7 Å². The highest BCUT2D eigenvalue weighted by Gasteiger charge is 2.25. The molecule has 0 heterocycles. The smallest absolute Gasteiger partial charge is 0.326 e. The van der Waals surface area contributed by atoms with Crippen molar-refractivity contribution in [1.29, 1.82) is 0 Å². The van der Waals surface area contributed by atoms with Gasteiger partial charge in [-0.3, -0.25) is 19.2 Å². The second-order valence-corrected chi connectivity index (χ2v) is 5.79. The fraction of sp³-hybridized carbons (Fsp3) is 0.353. The molecule has 1 aromatic rings. The predicted molar refractivity (Wildman–Crippen MR) is 96.0 cm³/mol. The maximum atomic E-state index is 12.3. The maximum Gasteiger partial charge on any atom is 0.326 e. The number of nitrogens with one attached hydrogen (secondary N) is 3. The minimum absolute atomic E-state index is 0.150. The Kier molecular flexibility index (Phi) is 9.10. The molecule has 11 nitrogen and oxygen atoms in total. The largest absolute Gasteiger partial charge is 0.481 e. The molecule has 0 saturated carbocycles. The molecule has 1 rings (SSSR count). The van der Waals surface area contributed by atoms with Gasteiger partial charge in [0, 0.05) is 6.42 Å². The average Bonchev–Trinajstić information content (AvgIpc) is 2.65. The molecule has 3 amide bonds. The van der Waals surface area contributed by atoms with Crippen molar-refractivity contribution in [3.05, 3.63) is 35.9 Å². The van der Waals surface area contributed by atoms with Gasteiger partial charge in [-0.05, 0) is 5.56 Å². The van der Waals surface area contributed by atoms with Crippen molar-refractivity contribution in [3.8, 4) is 0 Å². The lowest BCUT2D eigenvalue weighted by atomic mass is 10.1. The highest BCUT2D eigenvalue weighted by Crippen LogP contribution is 2.03. The summed E-state index contributed by atoms with van der Waals surface area (Å²) in [7, 11) is 0. The van der Waals surface area contributed by atoms with Gasteiger partial charge < -0.3 is 31.9 Å². The van der Waals surface area contributed by atoms with Crippen LogP contribution in [0.2, 0.25) is 0 Å². The van der Waals surface area contributed by atoms with Crippen molar-refractivity contribution in [2.24, 2.45) is 5.73 Å². The molecule has 0 radical (unpaired) electrons. The molecule has 2 atom stereocenters. The number of carbonyl (C=O) groups is 5. The highest BCUT2D eigenvalue weighted by atomic mass is 16.4. The lowest BCUT2D eigenvalue weighted by molar-refractivity contribution is -0.147. The van der Waals surface area contributed by atoms with Crippen LogP contribution >= 0.6 is 0 Å². The monoisotopic (exact) mass is 394 g/mol. The number of carboxylic acids is 2. The zero-order valence-electron chi connectivity index (χ0n) is 14.9. The number of hydrogen-bond acceptors (Lipinski definition) is 6. The molecule has 0 aliphatic heterocycles. The van der Waals surface area contributed by atoms with Crippen molar-refractivity contribution in [2.45, 2.75) is 24.9 Å². The zero-order valence-corrected chi connectivity index (χ0v) is 14.9. The van der Waals surface area contributed by atoms with Crippen LogP contribution in [0.5, 0.6) is 0 Å². The van der Waals surface area contributed by atoms with Crippen LogP contribution in [0.1, 0.15) is 12.0 Å².